The summed E-state index contributed by atoms with van der Waals surface area (Å²) in [6, 6.07) is 3.79. The van der Waals surface area contributed by atoms with Crippen molar-refractivity contribution < 1.29 is 13.2 Å². The normalized spacial score (nSPS) is 23.1. The van der Waals surface area contributed by atoms with E-state index in [9.17, 15) is 8.42 Å². The topological polar surface area (TPSA) is 87.0 Å². The number of hydrogen-bond donors (Lipinski definition) is 0. The van der Waals surface area contributed by atoms with Crippen LogP contribution in [0.1, 0.15) is 30.4 Å². The van der Waals surface area contributed by atoms with Gasteiger partial charge in [0.1, 0.15) is 5.82 Å². The molecule has 2 aromatic rings. The molecule has 7 nitrogen and oxygen atoms in total. The monoisotopic (exact) mass is 360 g/mol. The maximum absolute atomic E-state index is 11.7. The number of rotatable bonds is 4. The van der Waals surface area contributed by atoms with Gasteiger partial charge < -0.3 is 4.74 Å². The van der Waals surface area contributed by atoms with Crippen molar-refractivity contribution >= 4 is 9.84 Å². The number of aromatic nitrogens is 4. The molecule has 0 unspecified atom stereocenters. The number of nitrogens with zero attached hydrogens (tertiary/aromatic N) is 4. The summed E-state index contributed by atoms with van der Waals surface area (Å²) in [5.41, 5.74) is 0.841. The van der Waals surface area contributed by atoms with Gasteiger partial charge in [0.2, 0.25) is 0 Å². The molecule has 0 radical (unpaired) electrons. The molecule has 0 aromatic carbocycles. The van der Waals surface area contributed by atoms with Crippen molar-refractivity contribution in [1.82, 2.24) is 19.7 Å². The second kappa shape index (κ2) is 6.68. The number of allylic oxidation sites excluding steroid dienone is 1. The third-order valence-corrected chi connectivity index (χ3v) is 6.08. The fourth-order valence-electron chi connectivity index (χ4n) is 3.31. The first kappa shape index (κ1) is 16.4. The van der Waals surface area contributed by atoms with Gasteiger partial charge in [-0.05, 0) is 30.9 Å². The zero-order valence-electron chi connectivity index (χ0n) is 13.8. The van der Waals surface area contributed by atoms with E-state index >= 15 is 0 Å². The molecule has 0 aliphatic carbocycles. The summed E-state index contributed by atoms with van der Waals surface area (Å²) in [5, 5.41) is 6.03. The van der Waals surface area contributed by atoms with E-state index in [0.717, 1.165) is 43.4 Å². The van der Waals surface area contributed by atoms with Crippen molar-refractivity contribution in [2.75, 3.05) is 19.0 Å². The van der Waals surface area contributed by atoms with E-state index < -0.39 is 9.84 Å². The third kappa shape index (κ3) is 3.64. The molecule has 1 saturated heterocycles. The highest BCUT2D eigenvalue weighted by Gasteiger charge is 2.27. The van der Waals surface area contributed by atoms with Crippen LogP contribution in [0.4, 0.5) is 0 Å². The molecule has 1 fully saturated rings. The second-order valence-corrected chi connectivity index (χ2v) is 8.45. The molecule has 2 aromatic heterocycles. The van der Waals surface area contributed by atoms with Crippen LogP contribution >= 0.6 is 0 Å². The Morgan fingerprint density at radius 3 is 2.80 bits per heavy atom. The highest BCUT2D eigenvalue weighted by Crippen LogP contribution is 2.27. The predicted octanol–water partition coefficient (Wildman–Crippen LogP) is 1.66. The average Bonchev–Trinajstić information content (AvgIpc) is 3.20. The standard InChI is InChI=1S/C17H20N4O3S/c22-25(23)9-5-13(12-25)10-16-19-17(14-3-7-24-8-4-14)20-21(16)15-2-1-6-18-11-15/h1-2,5-6,9,11,13-14H,3-4,7-8,10,12H2/t13-/m1/s1. The van der Waals surface area contributed by atoms with Crippen LogP contribution in [0, 0.1) is 5.92 Å². The SMILES string of the molecule is O=S1(=O)C=C[C@H](Cc2nc(C3CCOCC3)nn2-c2cccnc2)C1. The highest BCUT2D eigenvalue weighted by atomic mass is 32.2. The molecule has 2 aliphatic heterocycles. The first-order valence-electron chi connectivity index (χ1n) is 8.46. The van der Waals surface area contributed by atoms with E-state index in [1.807, 2.05) is 12.1 Å². The molecule has 8 heteroatoms. The van der Waals surface area contributed by atoms with Crippen LogP contribution in [-0.2, 0) is 21.0 Å². The smallest absolute Gasteiger partial charge is 0.171 e. The molecule has 25 heavy (non-hydrogen) atoms. The molecular weight excluding hydrogens is 340 g/mol. The summed E-state index contributed by atoms with van der Waals surface area (Å²) in [5.74, 6) is 1.95. The van der Waals surface area contributed by atoms with Crippen molar-refractivity contribution in [2.24, 2.45) is 5.92 Å². The fraction of sp³-hybridized carbons (Fsp3) is 0.471. The van der Waals surface area contributed by atoms with Crippen LogP contribution in [0.15, 0.2) is 36.0 Å². The lowest BCUT2D eigenvalue weighted by atomic mass is 10.00. The van der Waals surface area contributed by atoms with Crippen molar-refractivity contribution in [3.8, 4) is 5.69 Å². The molecular formula is C17H20N4O3S. The minimum absolute atomic E-state index is 0.0628. The fourth-order valence-corrected chi connectivity index (χ4v) is 4.71. The number of hydrogen-bond acceptors (Lipinski definition) is 6. The largest absolute Gasteiger partial charge is 0.381 e. The van der Waals surface area contributed by atoms with Gasteiger partial charge in [0.25, 0.3) is 0 Å². The van der Waals surface area contributed by atoms with Crippen molar-refractivity contribution in [1.29, 1.82) is 0 Å². The predicted molar refractivity (Wildman–Crippen MR) is 92.1 cm³/mol. The molecule has 0 N–H and O–H groups in total. The van der Waals surface area contributed by atoms with Gasteiger partial charge in [-0.3, -0.25) is 4.98 Å². The van der Waals surface area contributed by atoms with Crippen LogP contribution in [0.5, 0.6) is 0 Å². The van der Waals surface area contributed by atoms with Gasteiger partial charge in [0.05, 0.1) is 17.6 Å². The maximum atomic E-state index is 11.7. The van der Waals surface area contributed by atoms with Gasteiger partial charge in [-0.2, -0.15) is 5.10 Å². The summed E-state index contributed by atoms with van der Waals surface area (Å²) >= 11 is 0. The lowest BCUT2D eigenvalue weighted by Crippen LogP contribution is -2.15. The quantitative estimate of drug-likeness (QED) is 0.824. The Morgan fingerprint density at radius 2 is 2.12 bits per heavy atom. The van der Waals surface area contributed by atoms with E-state index in [0.29, 0.717) is 6.42 Å². The van der Waals surface area contributed by atoms with Crippen LogP contribution in [0.2, 0.25) is 0 Å². The number of ether oxygens (including phenoxy) is 1. The Hall–Kier alpha value is -2.06. The van der Waals surface area contributed by atoms with E-state index in [4.69, 9.17) is 14.8 Å². The van der Waals surface area contributed by atoms with Crippen molar-refractivity contribution in [3.05, 3.63) is 47.7 Å². The molecule has 0 bridgehead atoms. The minimum Gasteiger partial charge on any atom is -0.381 e. The summed E-state index contributed by atoms with van der Waals surface area (Å²) in [7, 11) is -3.07. The molecule has 132 valence electrons. The van der Waals surface area contributed by atoms with E-state index in [1.165, 1.54) is 5.41 Å². The van der Waals surface area contributed by atoms with Crippen LogP contribution < -0.4 is 0 Å². The van der Waals surface area contributed by atoms with E-state index in [1.54, 1.807) is 23.2 Å². The molecule has 0 saturated carbocycles. The Kier molecular flexibility index (Phi) is 4.39. The summed E-state index contributed by atoms with van der Waals surface area (Å²) in [4.78, 5) is 8.92. The minimum atomic E-state index is -3.07. The van der Waals surface area contributed by atoms with Gasteiger partial charge in [-0.1, -0.05) is 6.08 Å². The van der Waals surface area contributed by atoms with Crippen LogP contribution in [0.3, 0.4) is 0 Å². The molecule has 2 aliphatic rings. The summed E-state index contributed by atoms with van der Waals surface area (Å²) in [6.45, 7) is 1.45. The van der Waals surface area contributed by atoms with Gasteiger partial charge >= 0.3 is 0 Å². The Labute approximate surface area is 146 Å². The zero-order valence-corrected chi connectivity index (χ0v) is 14.6. The lowest BCUT2D eigenvalue weighted by molar-refractivity contribution is 0.0836. The zero-order chi connectivity index (χ0) is 17.3. The van der Waals surface area contributed by atoms with Crippen LogP contribution in [0.25, 0.3) is 5.69 Å². The average molecular weight is 360 g/mol. The van der Waals surface area contributed by atoms with Gasteiger partial charge in [-0.15, -0.1) is 0 Å². The molecule has 4 rings (SSSR count). The number of sulfone groups is 1. The van der Waals surface area contributed by atoms with Gasteiger partial charge in [-0.25, -0.2) is 18.1 Å². The molecule has 0 amide bonds. The van der Waals surface area contributed by atoms with Crippen molar-refractivity contribution in [2.45, 2.75) is 25.2 Å². The third-order valence-electron chi connectivity index (χ3n) is 4.62. The molecule has 4 heterocycles. The summed E-state index contributed by atoms with van der Waals surface area (Å²) in [6.07, 6.45) is 7.58. The number of pyridine rings is 1. The lowest BCUT2D eigenvalue weighted by Gasteiger charge is -2.18. The molecule has 0 spiro atoms. The summed E-state index contributed by atoms with van der Waals surface area (Å²) < 4.78 is 30.6. The Bertz CT molecular complexity index is 871. The first-order chi connectivity index (χ1) is 12.1. The van der Waals surface area contributed by atoms with Crippen LogP contribution in [-0.4, -0.2) is 47.1 Å². The Morgan fingerprint density at radius 1 is 1.28 bits per heavy atom. The van der Waals surface area contributed by atoms with Gasteiger partial charge in [0, 0.05) is 37.2 Å². The van der Waals surface area contributed by atoms with Crippen molar-refractivity contribution in [3.63, 3.8) is 0 Å². The van der Waals surface area contributed by atoms with E-state index in [-0.39, 0.29) is 17.6 Å². The maximum Gasteiger partial charge on any atom is 0.171 e. The first-order valence-corrected chi connectivity index (χ1v) is 10.2. The Balaban J connectivity index is 1.66. The second-order valence-electron chi connectivity index (χ2n) is 6.52. The molecule has 1 atom stereocenters. The van der Waals surface area contributed by atoms with E-state index in [2.05, 4.69) is 4.98 Å². The highest BCUT2D eigenvalue weighted by molar-refractivity contribution is 7.94. The van der Waals surface area contributed by atoms with Gasteiger partial charge in [0.15, 0.2) is 15.7 Å².